The SMILES string of the molecule is CO.[CH2-]CCOc1cc([N+](=O)[O-])c(C(=O)O)cc1OC.[W]. The summed E-state index contributed by atoms with van der Waals surface area (Å²) in [4.78, 5) is 20.9. The second kappa shape index (κ2) is 11.0. The number of benzene rings is 1. The molecule has 0 saturated heterocycles. The quantitative estimate of drug-likeness (QED) is 0.368. The van der Waals surface area contributed by atoms with Crippen LogP contribution in [-0.2, 0) is 21.1 Å². The average Bonchev–Trinajstić information content (AvgIpc) is 2.45. The number of hydrogen-bond donors (Lipinski definition) is 2. The van der Waals surface area contributed by atoms with Crippen molar-refractivity contribution >= 4 is 11.7 Å². The maximum absolute atomic E-state index is 10.9. The number of nitro groups is 1. The molecule has 0 aliphatic heterocycles. The second-order valence-electron chi connectivity index (χ2n) is 3.28. The summed E-state index contributed by atoms with van der Waals surface area (Å²) in [5.74, 6) is -1.15. The van der Waals surface area contributed by atoms with Crippen molar-refractivity contribution in [1.29, 1.82) is 0 Å². The van der Waals surface area contributed by atoms with Gasteiger partial charge in [0, 0.05) is 34.2 Å². The number of carboxylic acid groups (broad SMARTS) is 1. The van der Waals surface area contributed by atoms with Crippen molar-refractivity contribution in [2.75, 3.05) is 20.8 Å². The molecule has 0 aliphatic carbocycles. The molecule has 1 aromatic rings. The third-order valence-electron chi connectivity index (χ3n) is 2.11. The van der Waals surface area contributed by atoms with Crippen molar-refractivity contribution in [2.24, 2.45) is 0 Å². The number of aliphatic hydroxyl groups excluding tert-OH is 1. The van der Waals surface area contributed by atoms with Gasteiger partial charge in [-0.1, -0.05) is 0 Å². The van der Waals surface area contributed by atoms with Gasteiger partial charge in [-0.15, -0.1) is 6.42 Å². The number of nitro benzene ring substituents is 1. The summed E-state index contributed by atoms with van der Waals surface area (Å²) in [5.41, 5.74) is -0.985. The molecule has 0 amide bonds. The standard InChI is InChI=1S/C11H12NO6.CH4O.W/c1-3-4-18-10-6-8(12(15)16)7(11(13)14)5-9(10)17-2;1-2;/h5-6H,1,3-4H2,2H3,(H,13,14);2H,1H3;/q-1;;. The number of methoxy groups -OCH3 is 1. The van der Waals surface area contributed by atoms with E-state index in [-0.39, 0.29) is 39.2 Å². The molecule has 21 heavy (non-hydrogen) atoms. The first-order valence-corrected chi connectivity index (χ1v) is 5.47. The molecular weight excluding hydrogens is 454 g/mol. The van der Waals surface area contributed by atoms with E-state index in [1.165, 1.54) is 7.11 Å². The first-order chi connectivity index (χ1) is 9.51. The molecule has 0 unspecified atom stereocenters. The van der Waals surface area contributed by atoms with E-state index in [1.807, 2.05) is 0 Å². The van der Waals surface area contributed by atoms with Gasteiger partial charge in [-0.3, -0.25) is 10.1 Å². The van der Waals surface area contributed by atoms with Gasteiger partial charge in [-0.05, 0) is 0 Å². The third-order valence-corrected chi connectivity index (χ3v) is 2.11. The first-order valence-electron chi connectivity index (χ1n) is 5.47. The van der Waals surface area contributed by atoms with Crippen LogP contribution in [0.2, 0.25) is 0 Å². The zero-order valence-corrected chi connectivity index (χ0v) is 14.5. The number of carbonyl (C=O) groups is 1. The number of aromatic carboxylic acids is 1. The Bertz CT molecular complexity index is 479. The monoisotopic (exact) mass is 470 g/mol. The van der Waals surface area contributed by atoms with E-state index in [4.69, 9.17) is 19.7 Å². The zero-order chi connectivity index (χ0) is 15.7. The molecule has 1 rings (SSSR count). The first kappa shape index (κ1) is 21.6. The fraction of sp³-hybridized carbons (Fsp3) is 0.333. The Hall–Kier alpha value is -1.66. The van der Waals surface area contributed by atoms with Crippen LogP contribution in [0.1, 0.15) is 16.8 Å². The molecule has 0 heterocycles. The van der Waals surface area contributed by atoms with E-state index in [2.05, 4.69) is 6.92 Å². The molecule has 0 saturated carbocycles. The molecule has 1 aromatic carbocycles. The van der Waals surface area contributed by atoms with Crippen LogP contribution < -0.4 is 9.47 Å². The smallest absolute Gasteiger partial charge is 0.342 e. The fourth-order valence-corrected chi connectivity index (χ4v) is 1.33. The minimum absolute atomic E-state index is 0. The topological polar surface area (TPSA) is 119 Å². The molecule has 0 aromatic heterocycles. The van der Waals surface area contributed by atoms with Gasteiger partial charge < -0.3 is 26.6 Å². The summed E-state index contributed by atoms with van der Waals surface area (Å²) in [6.45, 7) is 3.82. The van der Waals surface area contributed by atoms with Crippen LogP contribution in [0.3, 0.4) is 0 Å². The van der Waals surface area contributed by atoms with E-state index in [1.54, 1.807) is 0 Å². The van der Waals surface area contributed by atoms with Gasteiger partial charge in [-0.2, -0.15) is 0 Å². The van der Waals surface area contributed by atoms with Crippen LogP contribution in [0.15, 0.2) is 12.1 Å². The van der Waals surface area contributed by atoms with Gasteiger partial charge in [0.15, 0.2) is 11.5 Å². The third kappa shape index (κ3) is 6.10. The van der Waals surface area contributed by atoms with Crippen molar-refractivity contribution < 1.29 is 50.5 Å². The number of nitrogens with zero attached hydrogens (tertiary/aromatic N) is 1. The number of rotatable bonds is 6. The number of ether oxygens (including phenoxy) is 2. The Kier molecular flexibility index (Phi) is 11.4. The fourth-order valence-electron chi connectivity index (χ4n) is 1.33. The maximum atomic E-state index is 10.9. The minimum atomic E-state index is -1.40. The van der Waals surface area contributed by atoms with Gasteiger partial charge >= 0.3 is 5.97 Å². The molecule has 0 fully saturated rings. The van der Waals surface area contributed by atoms with E-state index >= 15 is 0 Å². The summed E-state index contributed by atoms with van der Waals surface area (Å²) in [7, 11) is 2.32. The normalized spacial score (nSPS) is 8.76. The number of hydrogen-bond acceptors (Lipinski definition) is 6. The molecule has 0 aliphatic rings. The Morgan fingerprint density at radius 2 is 1.95 bits per heavy atom. The van der Waals surface area contributed by atoms with Crippen molar-refractivity contribution in [1.82, 2.24) is 0 Å². The summed E-state index contributed by atoms with van der Waals surface area (Å²) in [6, 6.07) is 2.11. The van der Waals surface area contributed by atoms with Gasteiger partial charge in [0.25, 0.3) is 5.69 Å². The van der Waals surface area contributed by atoms with E-state index in [9.17, 15) is 14.9 Å². The predicted molar refractivity (Wildman–Crippen MR) is 70.2 cm³/mol. The summed E-state index contributed by atoms with van der Waals surface area (Å²) in [6.07, 6.45) is 0.470. The van der Waals surface area contributed by atoms with Crippen molar-refractivity contribution in [3.63, 3.8) is 0 Å². The largest absolute Gasteiger partial charge is 0.493 e. The van der Waals surface area contributed by atoms with E-state index < -0.39 is 22.1 Å². The molecule has 9 heteroatoms. The van der Waals surface area contributed by atoms with Crippen LogP contribution in [0.25, 0.3) is 0 Å². The van der Waals surface area contributed by atoms with Gasteiger partial charge in [0.1, 0.15) is 5.56 Å². The average molecular weight is 470 g/mol. The predicted octanol–water partition coefficient (Wildman–Crippen LogP) is 1.51. The molecule has 0 spiro atoms. The van der Waals surface area contributed by atoms with Crippen LogP contribution in [0.4, 0.5) is 5.69 Å². The number of aliphatic hydroxyl groups is 1. The number of carboxylic acids is 1. The molecular formula is C12H16NO7W-. The Morgan fingerprint density at radius 3 is 2.33 bits per heavy atom. The summed E-state index contributed by atoms with van der Waals surface area (Å²) >= 11 is 0. The molecule has 0 radical (unpaired) electrons. The second-order valence-corrected chi connectivity index (χ2v) is 3.28. The van der Waals surface area contributed by atoms with Crippen LogP contribution in [0, 0.1) is 17.0 Å². The Morgan fingerprint density at radius 1 is 1.38 bits per heavy atom. The van der Waals surface area contributed by atoms with Crippen LogP contribution >= 0.6 is 0 Å². The van der Waals surface area contributed by atoms with Crippen LogP contribution in [-0.4, -0.2) is 41.9 Å². The van der Waals surface area contributed by atoms with Crippen molar-refractivity contribution in [3.05, 3.63) is 34.7 Å². The van der Waals surface area contributed by atoms with Gasteiger partial charge in [-0.25, -0.2) is 4.79 Å². The summed E-state index contributed by atoms with van der Waals surface area (Å²) < 4.78 is 10.2. The van der Waals surface area contributed by atoms with E-state index in [0.29, 0.717) is 6.42 Å². The Balaban J connectivity index is 0. The van der Waals surface area contributed by atoms with E-state index in [0.717, 1.165) is 19.2 Å². The van der Waals surface area contributed by atoms with Gasteiger partial charge in [0.2, 0.25) is 0 Å². The molecule has 0 atom stereocenters. The molecule has 118 valence electrons. The van der Waals surface area contributed by atoms with Crippen LogP contribution in [0.5, 0.6) is 11.5 Å². The van der Waals surface area contributed by atoms with Crippen molar-refractivity contribution in [2.45, 2.75) is 6.42 Å². The van der Waals surface area contributed by atoms with Crippen molar-refractivity contribution in [3.8, 4) is 11.5 Å². The van der Waals surface area contributed by atoms with Gasteiger partial charge in [0.05, 0.1) is 24.7 Å². The molecule has 0 bridgehead atoms. The zero-order valence-electron chi connectivity index (χ0n) is 11.6. The Labute approximate surface area is 136 Å². The molecule has 8 nitrogen and oxygen atoms in total. The maximum Gasteiger partial charge on any atom is 0.342 e. The molecule has 2 N–H and O–H groups in total. The summed E-state index contributed by atoms with van der Waals surface area (Å²) in [5, 5.41) is 26.7. The minimum Gasteiger partial charge on any atom is -0.493 e.